The number of aromatic nitrogens is 2. The molecule has 0 saturated carbocycles. The molecule has 0 bridgehead atoms. The number of hydrogen-bond acceptors (Lipinski definition) is 3. The van der Waals surface area contributed by atoms with Crippen LogP contribution in [0.25, 0.3) is 11.3 Å². The second kappa shape index (κ2) is 4.30. The minimum atomic E-state index is -0.668. The van der Waals surface area contributed by atoms with Crippen LogP contribution >= 0.6 is 0 Å². The molecule has 0 unspecified atom stereocenters. The van der Waals surface area contributed by atoms with Crippen molar-refractivity contribution in [3.05, 3.63) is 47.2 Å². The van der Waals surface area contributed by atoms with Gasteiger partial charge in [0.15, 0.2) is 11.5 Å². The normalized spacial score (nSPS) is 10.0. The molecular weight excluding hydrogens is 217 g/mol. The first-order chi connectivity index (χ1) is 8.13. The minimum Gasteiger partial charge on any atom is -0.233 e. The molecule has 0 aliphatic heterocycles. The summed E-state index contributed by atoms with van der Waals surface area (Å²) in [5.41, 5.74) is 2.78. The zero-order valence-electron chi connectivity index (χ0n) is 9.53. The molecule has 1 aromatic heterocycles. The average molecular weight is 227 g/mol. The van der Waals surface area contributed by atoms with Crippen LogP contribution in [0.5, 0.6) is 0 Å². The van der Waals surface area contributed by atoms with Gasteiger partial charge in [-0.3, -0.25) is 0 Å². The Morgan fingerprint density at radius 2 is 1.94 bits per heavy atom. The van der Waals surface area contributed by atoms with Crippen molar-refractivity contribution in [3.8, 4) is 17.3 Å². The highest BCUT2D eigenvalue weighted by Gasteiger charge is 2.12. The molecule has 0 radical (unpaired) electrons. The lowest BCUT2D eigenvalue weighted by Gasteiger charge is -2.05. The topological polar surface area (TPSA) is 49.6 Å². The van der Waals surface area contributed by atoms with Crippen LogP contribution < -0.4 is 0 Å². The van der Waals surface area contributed by atoms with E-state index in [-0.39, 0.29) is 11.4 Å². The number of hydrogen-bond donors (Lipinski definition) is 0. The van der Waals surface area contributed by atoms with Crippen molar-refractivity contribution < 1.29 is 4.39 Å². The molecule has 0 saturated heterocycles. The first-order valence-electron chi connectivity index (χ1n) is 5.11. The molecule has 3 nitrogen and oxygen atoms in total. The van der Waals surface area contributed by atoms with Gasteiger partial charge in [-0.15, -0.1) is 0 Å². The molecule has 0 spiro atoms. The van der Waals surface area contributed by atoms with Crippen LogP contribution in [0.15, 0.2) is 24.5 Å². The number of nitriles is 1. The third-order valence-electron chi connectivity index (χ3n) is 2.68. The van der Waals surface area contributed by atoms with E-state index < -0.39 is 5.82 Å². The summed E-state index contributed by atoms with van der Waals surface area (Å²) < 4.78 is 13.8. The largest absolute Gasteiger partial charge is 0.233 e. The summed E-state index contributed by atoms with van der Waals surface area (Å²) >= 11 is 0. The van der Waals surface area contributed by atoms with E-state index in [1.54, 1.807) is 12.1 Å². The Bertz CT molecular complexity index is 615. The fraction of sp³-hybridized carbons (Fsp3) is 0.154. The smallest absolute Gasteiger partial charge is 0.185 e. The van der Waals surface area contributed by atoms with Gasteiger partial charge in [-0.1, -0.05) is 12.1 Å². The first-order valence-corrected chi connectivity index (χ1v) is 5.11. The van der Waals surface area contributed by atoms with E-state index in [0.717, 1.165) is 11.1 Å². The zero-order valence-corrected chi connectivity index (χ0v) is 9.53. The third-order valence-corrected chi connectivity index (χ3v) is 2.68. The monoisotopic (exact) mass is 227 g/mol. The average Bonchev–Trinajstić information content (AvgIpc) is 2.33. The van der Waals surface area contributed by atoms with Crippen LogP contribution in [0, 0.1) is 31.0 Å². The predicted molar refractivity (Wildman–Crippen MR) is 61.6 cm³/mol. The summed E-state index contributed by atoms with van der Waals surface area (Å²) in [6.45, 7) is 3.93. The molecule has 0 fully saturated rings. The molecular formula is C13H10FN3. The molecule has 84 valence electrons. The summed E-state index contributed by atoms with van der Waals surface area (Å²) in [4.78, 5) is 7.47. The van der Waals surface area contributed by atoms with E-state index in [1.807, 2.05) is 26.0 Å². The summed E-state index contributed by atoms with van der Waals surface area (Å²) in [7, 11) is 0. The van der Waals surface area contributed by atoms with Crippen molar-refractivity contribution in [2.75, 3.05) is 0 Å². The number of benzene rings is 1. The molecule has 0 aliphatic rings. The van der Waals surface area contributed by atoms with Gasteiger partial charge in [0.2, 0.25) is 0 Å². The summed E-state index contributed by atoms with van der Waals surface area (Å²) in [6.07, 6.45) is 1.20. The van der Waals surface area contributed by atoms with E-state index in [9.17, 15) is 4.39 Å². The van der Waals surface area contributed by atoms with E-state index in [4.69, 9.17) is 5.26 Å². The van der Waals surface area contributed by atoms with Gasteiger partial charge >= 0.3 is 0 Å². The molecule has 2 rings (SSSR count). The van der Waals surface area contributed by atoms with Gasteiger partial charge in [0, 0.05) is 5.56 Å². The zero-order chi connectivity index (χ0) is 12.4. The van der Waals surface area contributed by atoms with Gasteiger partial charge in [0.05, 0.1) is 0 Å². The van der Waals surface area contributed by atoms with Gasteiger partial charge in [-0.2, -0.15) is 5.26 Å². The van der Waals surface area contributed by atoms with E-state index in [0.29, 0.717) is 5.56 Å². The highest BCUT2D eigenvalue weighted by Crippen LogP contribution is 2.23. The Hall–Kier alpha value is -2.28. The lowest BCUT2D eigenvalue weighted by Crippen LogP contribution is -1.97. The van der Waals surface area contributed by atoms with Crippen molar-refractivity contribution in [2.45, 2.75) is 13.8 Å². The van der Waals surface area contributed by atoms with Crippen molar-refractivity contribution in [1.82, 2.24) is 9.97 Å². The molecule has 2 aromatic rings. The number of halogens is 1. The highest BCUT2D eigenvalue weighted by molar-refractivity contribution is 5.62. The molecule has 1 aromatic carbocycles. The minimum absolute atomic E-state index is 0.166. The van der Waals surface area contributed by atoms with Gasteiger partial charge in [0.25, 0.3) is 0 Å². The number of nitrogens with zero attached hydrogens (tertiary/aromatic N) is 3. The van der Waals surface area contributed by atoms with Crippen LogP contribution in [0.4, 0.5) is 4.39 Å². The molecule has 17 heavy (non-hydrogen) atoms. The summed E-state index contributed by atoms with van der Waals surface area (Å²) in [5.74, 6) is -0.668. The molecule has 0 amide bonds. The Morgan fingerprint density at radius 1 is 1.18 bits per heavy atom. The maximum absolute atomic E-state index is 13.8. The fourth-order valence-corrected chi connectivity index (χ4v) is 1.54. The Morgan fingerprint density at radius 3 is 2.59 bits per heavy atom. The second-order valence-electron chi connectivity index (χ2n) is 3.80. The Kier molecular flexibility index (Phi) is 2.84. The highest BCUT2D eigenvalue weighted by atomic mass is 19.1. The summed E-state index contributed by atoms with van der Waals surface area (Å²) in [5, 5.41) is 8.71. The lowest BCUT2D eigenvalue weighted by molar-refractivity contribution is 0.613. The standard InChI is InChI=1S/C13H10FN3/c1-8-3-4-10(5-9(8)2)13-12(14)11(6-15)16-7-17-13/h3-5,7H,1-2H3. The SMILES string of the molecule is Cc1ccc(-c2ncnc(C#N)c2F)cc1C. The van der Waals surface area contributed by atoms with Crippen LogP contribution in [0.1, 0.15) is 16.8 Å². The van der Waals surface area contributed by atoms with Crippen molar-refractivity contribution in [1.29, 1.82) is 5.26 Å². The Balaban J connectivity index is 2.61. The van der Waals surface area contributed by atoms with Gasteiger partial charge in [0.1, 0.15) is 18.1 Å². The Labute approximate surface area is 98.6 Å². The van der Waals surface area contributed by atoms with Crippen LogP contribution in [0.3, 0.4) is 0 Å². The first kappa shape index (κ1) is 11.2. The van der Waals surface area contributed by atoms with Gasteiger partial charge < -0.3 is 0 Å². The van der Waals surface area contributed by atoms with Crippen molar-refractivity contribution in [2.24, 2.45) is 0 Å². The van der Waals surface area contributed by atoms with E-state index >= 15 is 0 Å². The molecule has 0 N–H and O–H groups in total. The second-order valence-corrected chi connectivity index (χ2v) is 3.80. The van der Waals surface area contributed by atoms with Crippen molar-refractivity contribution in [3.63, 3.8) is 0 Å². The third kappa shape index (κ3) is 2.00. The fourth-order valence-electron chi connectivity index (χ4n) is 1.54. The number of aryl methyl sites for hydroxylation is 2. The van der Waals surface area contributed by atoms with Crippen molar-refractivity contribution >= 4 is 0 Å². The maximum atomic E-state index is 13.8. The van der Waals surface area contributed by atoms with Crippen LogP contribution in [-0.2, 0) is 0 Å². The lowest BCUT2D eigenvalue weighted by atomic mass is 10.0. The van der Waals surface area contributed by atoms with E-state index in [2.05, 4.69) is 9.97 Å². The van der Waals surface area contributed by atoms with Crippen LogP contribution in [0.2, 0.25) is 0 Å². The molecule has 1 heterocycles. The quantitative estimate of drug-likeness (QED) is 0.752. The predicted octanol–water partition coefficient (Wildman–Crippen LogP) is 2.77. The van der Waals surface area contributed by atoms with Gasteiger partial charge in [-0.25, -0.2) is 14.4 Å². The number of rotatable bonds is 1. The molecule has 4 heteroatoms. The maximum Gasteiger partial charge on any atom is 0.185 e. The van der Waals surface area contributed by atoms with Gasteiger partial charge in [-0.05, 0) is 31.0 Å². The van der Waals surface area contributed by atoms with E-state index in [1.165, 1.54) is 6.33 Å². The summed E-state index contributed by atoms with van der Waals surface area (Å²) in [6, 6.07) is 7.24. The van der Waals surface area contributed by atoms with Crippen LogP contribution in [-0.4, -0.2) is 9.97 Å². The molecule has 0 aliphatic carbocycles. The molecule has 0 atom stereocenters.